The summed E-state index contributed by atoms with van der Waals surface area (Å²) in [5, 5.41) is 2.83. The Hall–Kier alpha value is -1.53. The van der Waals surface area contributed by atoms with Crippen LogP contribution in [0.15, 0.2) is 24.3 Å². The Morgan fingerprint density at radius 1 is 1.12 bits per heavy atom. The van der Waals surface area contributed by atoms with Gasteiger partial charge in [-0.3, -0.25) is 0 Å². The quantitative estimate of drug-likeness (QED) is 0.825. The van der Waals surface area contributed by atoms with Crippen molar-refractivity contribution < 1.29 is 18.8 Å². The van der Waals surface area contributed by atoms with Crippen molar-refractivity contribution in [2.24, 2.45) is 0 Å². The molecule has 1 aromatic carbocycles. The average molecular weight is 361 g/mol. The Kier molecular flexibility index (Phi) is 5.79. The summed E-state index contributed by atoms with van der Waals surface area (Å²) in [6.07, 6.45) is 0.0111. The van der Waals surface area contributed by atoms with Gasteiger partial charge < -0.3 is 19.4 Å². The molecule has 0 aliphatic carbocycles. The van der Waals surface area contributed by atoms with Crippen LogP contribution >= 0.6 is 0 Å². The van der Waals surface area contributed by atoms with E-state index in [1.165, 1.54) is 0 Å². The zero-order valence-electron chi connectivity index (χ0n) is 17.3. The third-order valence-electron chi connectivity index (χ3n) is 4.93. The van der Waals surface area contributed by atoms with Gasteiger partial charge in [-0.2, -0.15) is 0 Å². The summed E-state index contributed by atoms with van der Waals surface area (Å²) in [7, 11) is -0.390. The van der Waals surface area contributed by atoms with Crippen LogP contribution < -0.4 is 10.8 Å². The van der Waals surface area contributed by atoms with E-state index in [4.69, 9.17) is 14.0 Å². The maximum absolute atomic E-state index is 12.0. The second-order valence-electron chi connectivity index (χ2n) is 8.93. The molecule has 1 unspecified atom stereocenters. The molecule has 2 rings (SSSR count). The molecule has 1 aliphatic rings. The van der Waals surface area contributed by atoms with Gasteiger partial charge in [0, 0.05) is 5.54 Å². The molecular formula is C20H32BNO4. The Bertz CT molecular complexity index is 618. The van der Waals surface area contributed by atoms with Crippen molar-refractivity contribution in [2.75, 3.05) is 0 Å². The number of nitrogens with one attached hydrogen (secondary N) is 1. The summed E-state index contributed by atoms with van der Waals surface area (Å²) >= 11 is 0. The molecule has 1 N–H and O–H groups in total. The summed E-state index contributed by atoms with van der Waals surface area (Å²) in [6.45, 7) is 15.9. The summed E-state index contributed by atoms with van der Waals surface area (Å²) in [6, 6.07) is 7.90. The van der Waals surface area contributed by atoms with Crippen LogP contribution in [-0.4, -0.2) is 30.0 Å². The van der Waals surface area contributed by atoms with E-state index in [-0.39, 0.29) is 30.0 Å². The van der Waals surface area contributed by atoms with Crippen LogP contribution in [0, 0.1) is 0 Å². The zero-order valence-corrected chi connectivity index (χ0v) is 17.3. The van der Waals surface area contributed by atoms with E-state index >= 15 is 0 Å². The van der Waals surface area contributed by atoms with Crippen molar-refractivity contribution >= 4 is 18.7 Å². The SMILES string of the molecule is CCC(OC(=O)NC(C)(C)C)c1ccc(B2OC(C)(C)C(C)(C)O2)cc1. The van der Waals surface area contributed by atoms with E-state index in [0.29, 0.717) is 6.42 Å². The van der Waals surface area contributed by atoms with Gasteiger partial charge in [0.2, 0.25) is 0 Å². The normalized spacial score (nSPS) is 19.9. The van der Waals surface area contributed by atoms with Crippen molar-refractivity contribution in [3.05, 3.63) is 29.8 Å². The van der Waals surface area contributed by atoms with Gasteiger partial charge in [0.15, 0.2) is 0 Å². The molecule has 1 aromatic rings. The molecule has 0 spiro atoms. The fourth-order valence-electron chi connectivity index (χ4n) is 2.70. The average Bonchev–Trinajstić information content (AvgIpc) is 2.71. The first kappa shape index (κ1) is 20.8. The minimum Gasteiger partial charge on any atom is -0.441 e. The predicted molar refractivity (Wildman–Crippen MR) is 105 cm³/mol. The van der Waals surface area contributed by atoms with Gasteiger partial charge in [-0.1, -0.05) is 31.2 Å². The number of alkyl carbamates (subject to hydrolysis) is 1. The highest BCUT2D eigenvalue weighted by Crippen LogP contribution is 2.36. The van der Waals surface area contributed by atoms with Gasteiger partial charge in [0.25, 0.3) is 0 Å². The lowest BCUT2D eigenvalue weighted by atomic mass is 9.78. The van der Waals surface area contributed by atoms with Crippen LogP contribution in [0.1, 0.15) is 73.5 Å². The molecule has 1 saturated heterocycles. The summed E-state index contributed by atoms with van der Waals surface area (Å²) in [4.78, 5) is 12.0. The molecule has 0 radical (unpaired) electrons. The molecule has 1 aliphatic heterocycles. The Balaban J connectivity index is 2.07. The van der Waals surface area contributed by atoms with E-state index in [1.807, 2.05) is 79.7 Å². The highest BCUT2D eigenvalue weighted by atomic mass is 16.7. The van der Waals surface area contributed by atoms with Crippen LogP contribution in [0.25, 0.3) is 0 Å². The number of rotatable bonds is 4. The lowest BCUT2D eigenvalue weighted by Crippen LogP contribution is -2.41. The zero-order chi connectivity index (χ0) is 19.8. The van der Waals surface area contributed by atoms with Crippen molar-refractivity contribution in [3.8, 4) is 0 Å². The third kappa shape index (κ3) is 4.80. The van der Waals surface area contributed by atoms with E-state index in [1.54, 1.807) is 0 Å². The van der Waals surface area contributed by atoms with Gasteiger partial charge in [-0.05, 0) is 65.9 Å². The van der Waals surface area contributed by atoms with Crippen LogP contribution in [0.5, 0.6) is 0 Å². The molecule has 0 bridgehead atoms. The topological polar surface area (TPSA) is 56.8 Å². The maximum Gasteiger partial charge on any atom is 0.494 e. The monoisotopic (exact) mass is 361 g/mol. The first-order valence-corrected chi connectivity index (χ1v) is 9.29. The number of ether oxygens (including phenoxy) is 1. The molecule has 6 heteroatoms. The van der Waals surface area contributed by atoms with Crippen molar-refractivity contribution in [2.45, 2.75) is 84.7 Å². The molecule has 0 aromatic heterocycles. The van der Waals surface area contributed by atoms with Crippen molar-refractivity contribution in [1.29, 1.82) is 0 Å². The smallest absolute Gasteiger partial charge is 0.441 e. The minimum atomic E-state index is -0.403. The highest BCUT2D eigenvalue weighted by molar-refractivity contribution is 6.62. The Morgan fingerprint density at radius 3 is 2.04 bits per heavy atom. The standard InChI is InChI=1S/C20H32BNO4/c1-9-16(24-17(23)22-18(2,3)4)14-10-12-15(13-11-14)21-25-19(5,6)20(7,8)26-21/h10-13,16H,9H2,1-8H3,(H,22,23). The number of carbonyl (C=O) groups is 1. The largest absolute Gasteiger partial charge is 0.494 e. The van der Waals surface area contributed by atoms with Crippen LogP contribution in [0.2, 0.25) is 0 Å². The Labute approximate surface area is 157 Å². The maximum atomic E-state index is 12.0. The molecule has 5 nitrogen and oxygen atoms in total. The number of carbonyl (C=O) groups excluding carboxylic acids is 1. The highest BCUT2D eigenvalue weighted by Gasteiger charge is 2.51. The number of hydrogen-bond donors (Lipinski definition) is 1. The van der Waals surface area contributed by atoms with Gasteiger partial charge in [-0.25, -0.2) is 4.79 Å². The second-order valence-corrected chi connectivity index (χ2v) is 8.93. The minimum absolute atomic E-state index is 0.287. The van der Waals surface area contributed by atoms with Crippen LogP contribution in [0.3, 0.4) is 0 Å². The lowest BCUT2D eigenvalue weighted by Gasteiger charge is -2.32. The summed E-state index contributed by atoms with van der Waals surface area (Å²) in [5.74, 6) is 0. The van der Waals surface area contributed by atoms with E-state index < -0.39 is 6.09 Å². The van der Waals surface area contributed by atoms with Crippen molar-refractivity contribution in [1.82, 2.24) is 5.32 Å². The third-order valence-corrected chi connectivity index (χ3v) is 4.93. The second kappa shape index (κ2) is 7.24. The van der Waals surface area contributed by atoms with E-state index in [0.717, 1.165) is 11.0 Å². The molecule has 1 atom stereocenters. The Morgan fingerprint density at radius 2 is 1.62 bits per heavy atom. The molecule has 144 valence electrons. The number of benzene rings is 1. The van der Waals surface area contributed by atoms with Gasteiger partial charge in [0.1, 0.15) is 6.10 Å². The van der Waals surface area contributed by atoms with Crippen molar-refractivity contribution in [3.63, 3.8) is 0 Å². The predicted octanol–water partition coefficient (Wildman–Crippen LogP) is 3.96. The molecule has 1 amide bonds. The first-order chi connectivity index (χ1) is 11.8. The lowest BCUT2D eigenvalue weighted by molar-refractivity contribution is 0.00578. The van der Waals surface area contributed by atoms with Crippen LogP contribution in [0.4, 0.5) is 4.79 Å². The van der Waals surface area contributed by atoms with Crippen LogP contribution in [-0.2, 0) is 14.0 Å². The molecule has 1 fully saturated rings. The van der Waals surface area contributed by atoms with E-state index in [2.05, 4.69) is 5.32 Å². The van der Waals surface area contributed by atoms with E-state index in [9.17, 15) is 4.79 Å². The number of amides is 1. The van der Waals surface area contributed by atoms with Gasteiger partial charge in [-0.15, -0.1) is 0 Å². The molecule has 0 saturated carbocycles. The van der Waals surface area contributed by atoms with Gasteiger partial charge >= 0.3 is 13.2 Å². The fourth-order valence-corrected chi connectivity index (χ4v) is 2.70. The summed E-state index contributed by atoms with van der Waals surface area (Å²) < 4.78 is 17.7. The van der Waals surface area contributed by atoms with Gasteiger partial charge in [0.05, 0.1) is 11.2 Å². The molecule has 26 heavy (non-hydrogen) atoms. The molecular weight excluding hydrogens is 329 g/mol. The fraction of sp³-hybridized carbons (Fsp3) is 0.650. The molecule has 1 heterocycles. The first-order valence-electron chi connectivity index (χ1n) is 9.29. The number of hydrogen-bond acceptors (Lipinski definition) is 4. The summed E-state index contributed by atoms with van der Waals surface area (Å²) in [5.41, 5.74) is 0.862.